The molecule has 1 aliphatic rings. The third-order valence-corrected chi connectivity index (χ3v) is 5.38. The molecule has 1 fully saturated rings. The van der Waals surface area contributed by atoms with Gasteiger partial charge in [0.25, 0.3) is 0 Å². The van der Waals surface area contributed by atoms with Gasteiger partial charge in [-0.05, 0) is 24.1 Å². The Kier molecular flexibility index (Phi) is 6.10. The molecule has 7 heteroatoms. The Morgan fingerprint density at radius 2 is 2.10 bits per heavy atom. The van der Waals surface area contributed by atoms with Crippen molar-refractivity contribution in [3.63, 3.8) is 0 Å². The van der Waals surface area contributed by atoms with Gasteiger partial charge in [-0.1, -0.05) is 59.2 Å². The smallest absolute Gasteiger partial charge is 0.228 e. The molecule has 150 valence electrons. The van der Waals surface area contributed by atoms with Crippen molar-refractivity contribution in [2.45, 2.75) is 18.8 Å². The fraction of sp³-hybridized carbons (Fsp3) is 0.318. The van der Waals surface area contributed by atoms with Gasteiger partial charge < -0.3 is 14.7 Å². The maximum absolute atomic E-state index is 6.03. The fourth-order valence-corrected chi connectivity index (χ4v) is 3.85. The Morgan fingerprint density at radius 3 is 2.90 bits per heavy atom. The van der Waals surface area contributed by atoms with E-state index in [9.17, 15) is 0 Å². The third kappa shape index (κ3) is 4.77. The van der Waals surface area contributed by atoms with Gasteiger partial charge in [-0.2, -0.15) is 4.98 Å². The molecule has 0 radical (unpaired) electrons. The molecule has 4 rings (SSSR count). The zero-order valence-corrected chi connectivity index (χ0v) is 17.1. The first-order chi connectivity index (χ1) is 14.2. The lowest BCUT2D eigenvalue weighted by Gasteiger charge is -2.21. The van der Waals surface area contributed by atoms with E-state index in [1.807, 2.05) is 31.3 Å². The normalized spacial score (nSPS) is 17.0. The topological polar surface area (TPSA) is 66.5 Å². The quantitative estimate of drug-likeness (QED) is 0.509. The Bertz CT molecular complexity index is 972. The molecule has 29 heavy (non-hydrogen) atoms. The zero-order chi connectivity index (χ0) is 20.1. The number of rotatable bonds is 5. The summed E-state index contributed by atoms with van der Waals surface area (Å²) in [5, 5.41) is 8.12. The number of aromatic nitrogens is 2. The highest BCUT2D eigenvalue weighted by atomic mass is 35.5. The molecule has 2 aromatic carbocycles. The van der Waals surface area contributed by atoms with E-state index in [0.717, 1.165) is 31.0 Å². The maximum Gasteiger partial charge on any atom is 0.228 e. The van der Waals surface area contributed by atoms with E-state index in [4.69, 9.17) is 16.1 Å². The molecule has 3 aromatic rings. The van der Waals surface area contributed by atoms with Crippen LogP contribution in [0.5, 0.6) is 0 Å². The number of aliphatic imine (C=N–C) groups is 1. The molecule has 2 heterocycles. The maximum atomic E-state index is 6.03. The number of likely N-dealkylation sites (tertiary alicyclic amines) is 1. The van der Waals surface area contributed by atoms with Gasteiger partial charge in [0.15, 0.2) is 5.96 Å². The molecule has 1 unspecified atom stereocenters. The van der Waals surface area contributed by atoms with Gasteiger partial charge in [0.1, 0.15) is 0 Å². The highest BCUT2D eigenvalue weighted by Crippen LogP contribution is 2.26. The van der Waals surface area contributed by atoms with Crippen molar-refractivity contribution >= 4 is 17.6 Å². The first kappa shape index (κ1) is 19.5. The minimum Gasteiger partial charge on any atom is -0.356 e. The van der Waals surface area contributed by atoms with Crippen molar-refractivity contribution in [1.29, 1.82) is 0 Å². The van der Waals surface area contributed by atoms with Crippen molar-refractivity contribution < 1.29 is 4.52 Å². The van der Waals surface area contributed by atoms with E-state index in [2.05, 4.69) is 55.7 Å². The van der Waals surface area contributed by atoms with Crippen LogP contribution in [0.4, 0.5) is 0 Å². The summed E-state index contributed by atoms with van der Waals surface area (Å²) in [6, 6.07) is 18.1. The number of guanidine groups is 1. The van der Waals surface area contributed by atoms with Crippen LogP contribution < -0.4 is 5.32 Å². The summed E-state index contributed by atoms with van der Waals surface area (Å²) >= 11 is 6.03. The second-order valence-corrected chi connectivity index (χ2v) is 7.52. The molecule has 0 amide bonds. The monoisotopic (exact) mass is 409 g/mol. The molecule has 0 spiro atoms. The van der Waals surface area contributed by atoms with Crippen LogP contribution in [0.25, 0.3) is 11.4 Å². The number of nitrogens with zero attached hydrogens (tertiary/aromatic N) is 4. The molecule has 1 aromatic heterocycles. The molecule has 0 bridgehead atoms. The standard InChI is InChI=1S/C22H24ClN5O/c1-24-22(28-13-11-18(15-28)16-6-3-2-4-7-16)25-12-10-20-26-21(27-29-20)17-8-5-9-19(23)14-17/h2-9,14,18H,10-13,15H2,1H3,(H,24,25). The predicted octanol–water partition coefficient (Wildman–Crippen LogP) is 4.00. The van der Waals surface area contributed by atoms with Crippen LogP contribution in [0, 0.1) is 0 Å². The summed E-state index contributed by atoms with van der Waals surface area (Å²) in [7, 11) is 1.82. The van der Waals surface area contributed by atoms with Crippen LogP contribution in [0.3, 0.4) is 0 Å². The van der Waals surface area contributed by atoms with Crippen molar-refractivity contribution in [3.05, 3.63) is 71.1 Å². The Labute approximate surface area is 175 Å². The molecule has 1 saturated heterocycles. The number of hydrogen-bond donors (Lipinski definition) is 1. The van der Waals surface area contributed by atoms with E-state index in [1.165, 1.54) is 5.56 Å². The summed E-state index contributed by atoms with van der Waals surface area (Å²) in [5.41, 5.74) is 2.24. The molecule has 0 saturated carbocycles. The van der Waals surface area contributed by atoms with E-state index in [1.54, 1.807) is 0 Å². The minimum atomic E-state index is 0.547. The lowest BCUT2D eigenvalue weighted by Crippen LogP contribution is -2.40. The van der Waals surface area contributed by atoms with Crippen LogP contribution in [-0.2, 0) is 6.42 Å². The summed E-state index contributed by atoms with van der Waals surface area (Å²) in [6.07, 6.45) is 1.76. The number of hydrogen-bond acceptors (Lipinski definition) is 4. The fourth-order valence-electron chi connectivity index (χ4n) is 3.66. The Hall–Kier alpha value is -2.86. The van der Waals surface area contributed by atoms with Crippen LogP contribution in [0.2, 0.25) is 5.02 Å². The van der Waals surface area contributed by atoms with Gasteiger partial charge in [0.2, 0.25) is 11.7 Å². The Morgan fingerprint density at radius 1 is 1.24 bits per heavy atom. The molecule has 1 aliphatic heterocycles. The van der Waals surface area contributed by atoms with Gasteiger partial charge in [0, 0.05) is 49.6 Å². The highest BCUT2D eigenvalue weighted by Gasteiger charge is 2.25. The van der Waals surface area contributed by atoms with Gasteiger partial charge in [-0.3, -0.25) is 4.99 Å². The van der Waals surface area contributed by atoms with Crippen LogP contribution in [0.1, 0.15) is 23.8 Å². The van der Waals surface area contributed by atoms with Crippen molar-refractivity contribution in [1.82, 2.24) is 20.4 Å². The minimum absolute atomic E-state index is 0.547. The van der Waals surface area contributed by atoms with Gasteiger partial charge in [-0.15, -0.1) is 0 Å². The molecular weight excluding hydrogens is 386 g/mol. The predicted molar refractivity (Wildman–Crippen MR) is 115 cm³/mol. The average Bonchev–Trinajstić information content (AvgIpc) is 3.42. The summed E-state index contributed by atoms with van der Waals surface area (Å²) in [6.45, 7) is 2.65. The second kappa shape index (κ2) is 9.09. The van der Waals surface area contributed by atoms with Crippen molar-refractivity contribution in [2.75, 3.05) is 26.7 Å². The lowest BCUT2D eigenvalue weighted by atomic mass is 9.99. The van der Waals surface area contributed by atoms with Crippen LogP contribution in [-0.4, -0.2) is 47.7 Å². The van der Waals surface area contributed by atoms with E-state index < -0.39 is 0 Å². The van der Waals surface area contributed by atoms with E-state index in [0.29, 0.717) is 35.6 Å². The first-order valence-electron chi connectivity index (χ1n) is 9.82. The summed E-state index contributed by atoms with van der Waals surface area (Å²) in [5.74, 6) is 2.60. The zero-order valence-electron chi connectivity index (χ0n) is 16.4. The van der Waals surface area contributed by atoms with Gasteiger partial charge in [-0.25, -0.2) is 0 Å². The lowest BCUT2D eigenvalue weighted by molar-refractivity contribution is 0.377. The number of benzene rings is 2. The highest BCUT2D eigenvalue weighted by molar-refractivity contribution is 6.30. The summed E-state index contributed by atoms with van der Waals surface area (Å²) in [4.78, 5) is 11.2. The van der Waals surface area contributed by atoms with E-state index in [-0.39, 0.29) is 0 Å². The SMILES string of the molecule is CN=C(NCCc1nc(-c2cccc(Cl)c2)no1)N1CCC(c2ccccc2)C1. The molecule has 6 nitrogen and oxygen atoms in total. The molecule has 0 aliphatic carbocycles. The number of nitrogens with one attached hydrogen (secondary N) is 1. The van der Waals surface area contributed by atoms with Crippen LogP contribution >= 0.6 is 11.6 Å². The molecule has 1 N–H and O–H groups in total. The largest absolute Gasteiger partial charge is 0.356 e. The molecular formula is C22H24ClN5O. The third-order valence-electron chi connectivity index (χ3n) is 5.14. The first-order valence-corrected chi connectivity index (χ1v) is 10.2. The summed E-state index contributed by atoms with van der Waals surface area (Å²) < 4.78 is 5.38. The number of halogens is 1. The second-order valence-electron chi connectivity index (χ2n) is 7.09. The van der Waals surface area contributed by atoms with Crippen molar-refractivity contribution in [3.8, 4) is 11.4 Å². The average molecular weight is 410 g/mol. The van der Waals surface area contributed by atoms with E-state index >= 15 is 0 Å². The van der Waals surface area contributed by atoms with Gasteiger partial charge >= 0.3 is 0 Å². The Balaban J connectivity index is 1.30. The van der Waals surface area contributed by atoms with Crippen molar-refractivity contribution in [2.24, 2.45) is 4.99 Å². The van der Waals surface area contributed by atoms with Gasteiger partial charge in [0.05, 0.1) is 0 Å². The molecule has 1 atom stereocenters. The van der Waals surface area contributed by atoms with Crippen LogP contribution in [0.15, 0.2) is 64.1 Å².